The second-order valence-electron chi connectivity index (χ2n) is 5.72. The van der Waals surface area contributed by atoms with Crippen LogP contribution in [0.1, 0.15) is 11.4 Å². The van der Waals surface area contributed by atoms with Crippen molar-refractivity contribution in [2.24, 2.45) is 0 Å². The lowest BCUT2D eigenvalue weighted by Gasteiger charge is -2.09. The van der Waals surface area contributed by atoms with E-state index in [1.165, 1.54) is 11.8 Å². The predicted octanol–water partition coefficient (Wildman–Crippen LogP) is 3.67. The Morgan fingerprint density at radius 3 is 2.65 bits per heavy atom. The van der Waals surface area contributed by atoms with Crippen molar-refractivity contribution >= 4 is 40.4 Å². The first-order valence-corrected chi connectivity index (χ1v) is 9.06. The summed E-state index contributed by atoms with van der Waals surface area (Å²) in [4.78, 5) is 20.7. The molecule has 0 bridgehead atoms. The second-order valence-corrected chi connectivity index (χ2v) is 6.69. The Balaban J connectivity index is 1.51. The zero-order valence-corrected chi connectivity index (χ0v) is 14.9. The van der Waals surface area contributed by atoms with Crippen molar-refractivity contribution in [3.63, 3.8) is 0 Å². The van der Waals surface area contributed by atoms with Gasteiger partial charge in [0.1, 0.15) is 5.82 Å². The number of aryl methyl sites for hydroxylation is 1. The van der Waals surface area contributed by atoms with Gasteiger partial charge in [-0.25, -0.2) is 4.98 Å². The van der Waals surface area contributed by atoms with Crippen molar-refractivity contribution in [3.05, 3.63) is 59.9 Å². The van der Waals surface area contributed by atoms with Crippen molar-refractivity contribution in [2.75, 3.05) is 11.1 Å². The lowest BCUT2D eigenvalue weighted by Crippen LogP contribution is -2.07. The van der Waals surface area contributed by atoms with Gasteiger partial charge in [0.25, 0.3) is 0 Å². The molecule has 0 amide bonds. The quantitative estimate of drug-likeness (QED) is 0.465. The van der Waals surface area contributed by atoms with Gasteiger partial charge in [0.2, 0.25) is 11.9 Å². The maximum absolute atomic E-state index is 5.85. The minimum Gasteiger partial charge on any atom is -0.368 e. The van der Waals surface area contributed by atoms with Crippen molar-refractivity contribution < 1.29 is 0 Å². The van der Waals surface area contributed by atoms with Crippen LogP contribution >= 0.6 is 11.8 Å². The highest BCUT2D eigenvalue weighted by Gasteiger charge is 2.09. The molecule has 0 fully saturated rings. The first-order valence-electron chi connectivity index (χ1n) is 8.08. The van der Waals surface area contributed by atoms with Crippen LogP contribution in [-0.4, -0.2) is 24.9 Å². The number of aromatic nitrogens is 5. The maximum atomic E-state index is 5.85. The molecule has 4 aromatic rings. The van der Waals surface area contributed by atoms with Crippen LogP contribution in [0.2, 0.25) is 0 Å². The summed E-state index contributed by atoms with van der Waals surface area (Å²) in [6.07, 6.45) is 0. The monoisotopic (exact) mass is 363 g/mol. The molecule has 0 atom stereocenters. The van der Waals surface area contributed by atoms with E-state index in [9.17, 15) is 0 Å². The summed E-state index contributed by atoms with van der Waals surface area (Å²) in [6, 6.07) is 15.8. The molecule has 0 unspecified atom stereocenters. The molecule has 0 spiro atoms. The largest absolute Gasteiger partial charge is 0.368 e. The fraction of sp³-hybridized carbons (Fsp3) is 0.111. The normalized spacial score (nSPS) is 11.0. The Labute approximate surface area is 154 Å². The summed E-state index contributed by atoms with van der Waals surface area (Å²) in [5.41, 5.74) is 9.83. The third-order valence-electron chi connectivity index (χ3n) is 3.80. The summed E-state index contributed by atoms with van der Waals surface area (Å²) < 4.78 is 0. The fourth-order valence-corrected chi connectivity index (χ4v) is 3.26. The van der Waals surface area contributed by atoms with E-state index in [-0.39, 0.29) is 5.95 Å². The number of para-hydroxylation sites is 3. The Bertz CT molecular complexity index is 1030. The minimum absolute atomic E-state index is 0.191. The number of hydrogen-bond acceptors (Lipinski definition) is 7. The number of fused-ring (bicyclic) bond motifs is 1. The van der Waals surface area contributed by atoms with Gasteiger partial charge in [-0.3, -0.25) is 0 Å². The number of aromatic amines is 1. The van der Waals surface area contributed by atoms with E-state index in [2.05, 4.69) is 30.2 Å². The predicted molar refractivity (Wildman–Crippen MR) is 104 cm³/mol. The van der Waals surface area contributed by atoms with E-state index >= 15 is 0 Å². The molecular formula is C18H17N7S. The Hall–Kier alpha value is -3.13. The van der Waals surface area contributed by atoms with E-state index in [4.69, 9.17) is 5.73 Å². The molecule has 0 aliphatic rings. The molecule has 4 rings (SSSR count). The van der Waals surface area contributed by atoms with Gasteiger partial charge in [0.05, 0.1) is 16.8 Å². The topological polar surface area (TPSA) is 105 Å². The van der Waals surface area contributed by atoms with Gasteiger partial charge < -0.3 is 16.0 Å². The van der Waals surface area contributed by atoms with Crippen LogP contribution in [0.15, 0.2) is 53.7 Å². The number of nitrogens with two attached hydrogens (primary N) is 1. The Morgan fingerprint density at radius 2 is 1.81 bits per heavy atom. The van der Waals surface area contributed by atoms with Crippen molar-refractivity contribution in [3.8, 4) is 0 Å². The molecule has 0 saturated carbocycles. The van der Waals surface area contributed by atoms with Gasteiger partial charge in [-0.05, 0) is 30.7 Å². The molecule has 8 heteroatoms. The van der Waals surface area contributed by atoms with Gasteiger partial charge >= 0.3 is 0 Å². The molecule has 2 heterocycles. The summed E-state index contributed by atoms with van der Waals surface area (Å²) in [5.74, 6) is 1.76. The average Bonchev–Trinajstić information content (AvgIpc) is 3.05. The lowest BCUT2D eigenvalue weighted by molar-refractivity contribution is 0.976. The van der Waals surface area contributed by atoms with Crippen LogP contribution in [0, 0.1) is 6.92 Å². The van der Waals surface area contributed by atoms with Gasteiger partial charge in [0, 0.05) is 5.69 Å². The molecular weight excluding hydrogens is 346 g/mol. The molecule has 2 aromatic carbocycles. The van der Waals surface area contributed by atoms with Crippen molar-refractivity contribution in [1.82, 2.24) is 24.9 Å². The van der Waals surface area contributed by atoms with Gasteiger partial charge in [0.15, 0.2) is 5.16 Å². The summed E-state index contributed by atoms with van der Waals surface area (Å²) in [6.45, 7) is 2.02. The molecule has 0 radical (unpaired) electrons. The number of anilines is 3. The summed E-state index contributed by atoms with van der Waals surface area (Å²) in [7, 11) is 0. The van der Waals surface area contributed by atoms with Gasteiger partial charge in [-0.15, -0.1) is 0 Å². The van der Waals surface area contributed by atoms with E-state index in [0.717, 1.165) is 27.4 Å². The van der Waals surface area contributed by atoms with Crippen LogP contribution in [0.5, 0.6) is 0 Å². The van der Waals surface area contributed by atoms with Crippen LogP contribution < -0.4 is 11.1 Å². The number of rotatable bonds is 5. The highest BCUT2D eigenvalue weighted by molar-refractivity contribution is 7.98. The van der Waals surface area contributed by atoms with Crippen LogP contribution in [0.3, 0.4) is 0 Å². The standard InChI is InChI=1S/C18H17N7S/c1-11-6-2-3-7-12(11)20-17-24-15(23-16(19)25-17)10-26-18-21-13-8-4-5-9-14(13)22-18/h2-9H,10H2,1H3,(H,21,22)(H3,19,20,23,24,25). The van der Waals surface area contributed by atoms with Gasteiger partial charge in [-0.1, -0.05) is 42.1 Å². The second kappa shape index (κ2) is 7.01. The molecule has 4 N–H and O–H groups in total. The summed E-state index contributed by atoms with van der Waals surface area (Å²) >= 11 is 1.52. The molecule has 130 valence electrons. The lowest BCUT2D eigenvalue weighted by atomic mass is 10.2. The molecule has 0 saturated heterocycles. The highest BCUT2D eigenvalue weighted by atomic mass is 32.2. The SMILES string of the molecule is Cc1ccccc1Nc1nc(N)nc(CSc2nc3ccccc3[nH]2)n1. The van der Waals surface area contributed by atoms with Crippen molar-refractivity contribution in [2.45, 2.75) is 17.8 Å². The van der Waals surface area contributed by atoms with Crippen LogP contribution in [-0.2, 0) is 5.75 Å². The average molecular weight is 363 g/mol. The Kier molecular flexibility index (Phi) is 4.40. The molecule has 0 aliphatic carbocycles. The zero-order valence-electron chi connectivity index (χ0n) is 14.1. The number of thioether (sulfide) groups is 1. The number of nitrogen functional groups attached to an aromatic ring is 1. The van der Waals surface area contributed by atoms with Crippen LogP contribution in [0.4, 0.5) is 17.6 Å². The minimum atomic E-state index is 0.191. The first-order chi connectivity index (χ1) is 12.7. The van der Waals surface area contributed by atoms with Crippen molar-refractivity contribution in [1.29, 1.82) is 0 Å². The fourth-order valence-electron chi connectivity index (χ4n) is 2.52. The third-order valence-corrected chi connectivity index (χ3v) is 4.67. The maximum Gasteiger partial charge on any atom is 0.232 e. The highest BCUT2D eigenvalue weighted by Crippen LogP contribution is 2.23. The molecule has 26 heavy (non-hydrogen) atoms. The third kappa shape index (κ3) is 3.60. The zero-order chi connectivity index (χ0) is 17.9. The number of nitrogens with one attached hydrogen (secondary N) is 2. The van der Waals surface area contributed by atoms with E-state index in [0.29, 0.717) is 17.5 Å². The number of nitrogens with zero attached hydrogens (tertiary/aromatic N) is 4. The number of H-pyrrole nitrogens is 1. The molecule has 2 aromatic heterocycles. The smallest absolute Gasteiger partial charge is 0.232 e. The van der Waals surface area contributed by atoms with E-state index < -0.39 is 0 Å². The number of hydrogen-bond donors (Lipinski definition) is 3. The number of benzene rings is 2. The first kappa shape index (κ1) is 16.3. The summed E-state index contributed by atoms with van der Waals surface area (Å²) in [5, 5.41) is 4.02. The number of imidazole rings is 1. The molecule has 0 aliphatic heterocycles. The Morgan fingerprint density at radius 1 is 1.00 bits per heavy atom. The molecule has 7 nitrogen and oxygen atoms in total. The van der Waals surface area contributed by atoms with Gasteiger partial charge in [-0.2, -0.15) is 15.0 Å². The van der Waals surface area contributed by atoms with Crippen LogP contribution in [0.25, 0.3) is 11.0 Å². The van der Waals surface area contributed by atoms with E-state index in [1.54, 1.807) is 0 Å². The van der Waals surface area contributed by atoms with E-state index in [1.807, 2.05) is 55.5 Å².